The van der Waals surface area contributed by atoms with E-state index in [1.54, 1.807) is 13.0 Å². The molecule has 1 aromatic heterocycles. The topological polar surface area (TPSA) is 88.2 Å². The van der Waals surface area contributed by atoms with Crippen LogP contribution in [0.1, 0.15) is 16.8 Å². The van der Waals surface area contributed by atoms with Gasteiger partial charge in [0.1, 0.15) is 11.4 Å². The highest BCUT2D eigenvalue weighted by Gasteiger charge is 2.18. The first-order valence-electron chi connectivity index (χ1n) is 10.8. The van der Waals surface area contributed by atoms with Gasteiger partial charge in [-0.05, 0) is 35.2 Å². The van der Waals surface area contributed by atoms with Crippen LogP contribution in [0.15, 0.2) is 77.3 Å². The molecule has 0 bridgehead atoms. The van der Waals surface area contributed by atoms with Crippen molar-refractivity contribution < 1.29 is 14.1 Å². The summed E-state index contributed by atoms with van der Waals surface area (Å²) in [6.45, 7) is 1.95. The van der Waals surface area contributed by atoms with Crippen LogP contribution < -0.4 is 5.32 Å². The molecule has 0 aliphatic rings. The number of amides is 1. The molecule has 0 saturated carbocycles. The number of ether oxygens (including phenoxy) is 1. The summed E-state index contributed by atoms with van der Waals surface area (Å²) in [6.07, 6.45) is 0.317. The summed E-state index contributed by atoms with van der Waals surface area (Å²) in [5, 5.41) is 16.2. The average molecular weight is 472 g/mol. The monoisotopic (exact) mass is 471 g/mol. The number of nitrogens with zero attached hydrogens (tertiary/aromatic N) is 2. The van der Waals surface area contributed by atoms with Crippen molar-refractivity contribution in [2.45, 2.75) is 19.8 Å². The van der Waals surface area contributed by atoms with Crippen molar-refractivity contribution in [1.82, 2.24) is 5.16 Å². The lowest BCUT2D eigenvalue weighted by Gasteiger charge is -2.09. The molecule has 0 aliphatic heterocycles. The second kappa shape index (κ2) is 10.7. The van der Waals surface area contributed by atoms with Crippen molar-refractivity contribution in [1.29, 1.82) is 5.26 Å². The molecule has 170 valence electrons. The third kappa shape index (κ3) is 5.45. The number of hydrogen-bond acceptors (Lipinski definition) is 5. The maximum atomic E-state index is 12.4. The molecule has 0 radical (unpaired) electrons. The molecule has 0 aliphatic carbocycles. The number of nitrogens with one attached hydrogen (secondary N) is 1. The van der Waals surface area contributed by atoms with E-state index in [0.29, 0.717) is 35.0 Å². The van der Waals surface area contributed by atoms with Crippen LogP contribution in [0.2, 0.25) is 5.02 Å². The quantitative estimate of drug-likeness (QED) is 0.319. The number of aryl methyl sites for hydroxylation is 1. The van der Waals surface area contributed by atoms with Crippen molar-refractivity contribution in [3.05, 3.63) is 94.6 Å². The molecule has 0 spiro atoms. The van der Waals surface area contributed by atoms with Gasteiger partial charge < -0.3 is 9.26 Å². The maximum absolute atomic E-state index is 12.4. The van der Waals surface area contributed by atoms with Gasteiger partial charge in [-0.25, -0.2) is 4.79 Å². The summed E-state index contributed by atoms with van der Waals surface area (Å²) < 4.78 is 10.8. The number of carbonyl (C=O) groups is 1. The number of hydrogen-bond donors (Lipinski definition) is 1. The summed E-state index contributed by atoms with van der Waals surface area (Å²) in [6, 6.07) is 25.2. The molecule has 3 aromatic carbocycles. The Morgan fingerprint density at radius 2 is 1.68 bits per heavy atom. The van der Waals surface area contributed by atoms with E-state index in [9.17, 15) is 4.79 Å². The molecule has 1 amide bonds. The summed E-state index contributed by atoms with van der Waals surface area (Å²) in [4.78, 5) is 12.4. The first-order valence-corrected chi connectivity index (χ1v) is 11.1. The molecule has 1 N–H and O–H groups in total. The molecule has 0 unspecified atom stereocenters. The van der Waals surface area contributed by atoms with Crippen LogP contribution in [0.25, 0.3) is 22.5 Å². The zero-order chi connectivity index (χ0) is 23.9. The number of nitriles is 1. The largest absolute Gasteiger partial charge is 0.449 e. The van der Waals surface area contributed by atoms with Crippen LogP contribution in [0.3, 0.4) is 0 Å². The minimum atomic E-state index is -0.589. The zero-order valence-corrected chi connectivity index (χ0v) is 19.3. The van der Waals surface area contributed by atoms with Crippen molar-refractivity contribution in [3.8, 4) is 28.5 Å². The second-order valence-electron chi connectivity index (χ2n) is 7.68. The van der Waals surface area contributed by atoms with Gasteiger partial charge in [0.25, 0.3) is 0 Å². The molecule has 0 atom stereocenters. The second-order valence-corrected chi connectivity index (χ2v) is 8.09. The van der Waals surface area contributed by atoms with E-state index in [0.717, 1.165) is 27.8 Å². The molecule has 4 rings (SSSR count). The number of aromatic nitrogens is 1. The Bertz CT molecular complexity index is 1320. The van der Waals surface area contributed by atoms with Gasteiger partial charge in [0.15, 0.2) is 5.76 Å². The van der Waals surface area contributed by atoms with E-state index in [1.807, 2.05) is 66.7 Å². The minimum Gasteiger partial charge on any atom is -0.449 e. The smallest absolute Gasteiger partial charge is 0.411 e. The molecule has 4 aromatic rings. The number of rotatable bonds is 7. The van der Waals surface area contributed by atoms with Crippen LogP contribution >= 0.6 is 11.6 Å². The lowest BCUT2D eigenvalue weighted by molar-refractivity contribution is 0.163. The van der Waals surface area contributed by atoms with Crippen molar-refractivity contribution in [2.75, 3.05) is 11.9 Å². The lowest BCUT2D eigenvalue weighted by Crippen LogP contribution is -2.16. The summed E-state index contributed by atoms with van der Waals surface area (Å²) >= 11 is 6.15. The van der Waals surface area contributed by atoms with E-state index in [2.05, 4.69) is 16.5 Å². The zero-order valence-electron chi connectivity index (χ0n) is 18.5. The van der Waals surface area contributed by atoms with Gasteiger partial charge in [0.05, 0.1) is 19.1 Å². The van der Waals surface area contributed by atoms with Crippen LogP contribution in [0, 0.1) is 18.3 Å². The van der Waals surface area contributed by atoms with E-state index in [4.69, 9.17) is 26.1 Å². The Hall–Kier alpha value is -4.08. The first kappa shape index (κ1) is 23.1. The van der Waals surface area contributed by atoms with Crippen molar-refractivity contribution in [3.63, 3.8) is 0 Å². The Labute approximate surface area is 202 Å². The number of benzene rings is 3. The van der Waals surface area contributed by atoms with Crippen LogP contribution in [-0.2, 0) is 17.6 Å². The minimum absolute atomic E-state index is 0.192. The normalized spacial score (nSPS) is 10.5. The van der Waals surface area contributed by atoms with E-state index in [-0.39, 0.29) is 6.61 Å². The molecule has 0 saturated heterocycles. The third-order valence-electron chi connectivity index (χ3n) is 5.37. The summed E-state index contributed by atoms with van der Waals surface area (Å²) in [5.74, 6) is 0.455. The van der Waals surface area contributed by atoms with Crippen molar-refractivity contribution in [2.24, 2.45) is 0 Å². The van der Waals surface area contributed by atoms with Crippen molar-refractivity contribution >= 4 is 23.4 Å². The molecule has 1 heterocycles. The summed E-state index contributed by atoms with van der Waals surface area (Å²) in [5.41, 5.74) is 5.76. The Kier molecular flexibility index (Phi) is 7.26. The highest BCUT2D eigenvalue weighted by Crippen LogP contribution is 2.32. The van der Waals surface area contributed by atoms with Gasteiger partial charge in [0, 0.05) is 17.0 Å². The SMILES string of the molecule is Cc1noc(-c2ccc(-c3ccc(CC#N)cc3)cc2)c1NC(=O)OCCc1ccccc1Cl. The first-order chi connectivity index (χ1) is 16.5. The Morgan fingerprint density at radius 1 is 1.03 bits per heavy atom. The molecule has 6 nitrogen and oxygen atoms in total. The van der Waals surface area contributed by atoms with E-state index in [1.165, 1.54) is 0 Å². The number of halogens is 1. The van der Waals surface area contributed by atoms with Crippen LogP contribution in [0.5, 0.6) is 0 Å². The van der Waals surface area contributed by atoms with Gasteiger partial charge in [0.2, 0.25) is 0 Å². The van der Waals surface area contributed by atoms with Gasteiger partial charge in [-0.15, -0.1) is 0 Å². The Morgan fingerprint density at radius 3 is 2.35 bits per heavy atom. The van der Waals surface area contributed by atoms with Gasteiger partial charge >= 0.3 is 6.09 Å². The highest BCUT2D eigenvalue weighted by atomic mass is 35.5. The van der Waals surface area contributed by atoms with Crippen LogP contribution in [-0.4, -0.2) is 17.9 Å². The molecule has 7 heteroatoms. The lowest BCUT2D eigenvalue weighted by atomic mass is 10.0. The van der Waals surface area contributed by atoms with Crippen LogP contribution in [0.4, 0.5) is 10.5 Å². The number of anilines is 1. The fourth-order valence-electron chi connectivity index (χ4n) is 3.53. The fourth-order valence-corrected chi connectivity index (χ4v) is 3.76. The van der Waals surface area contributed by atoms with E-state index >= 15 is 0 Å². The molecular weight excluding hydrogens is 450 g/mol. The summed E-state index contributed by atoms with van der Waals surface area (Å²) in [7, 11) is 0. The van der Waals surface area contributed by atoms with E-state index < -0.39 is 6.09 Å². The predicted molar refractivity (Wildman–Crippen MR) is 132 cm³/mol. The standard InChI is InChI=1S/C27H22ClN3O3/c1-18-25(30-27(32)33-17-15-22-4-2-3-5-24(22)28)26(34-31-18)23-12-10-21(11-13-23)20-8-6-19(7-9-20)14-16-29/h2-13H,14-15,17H2,1H3,(H,30,32). The van der Waals surface area contributed by atoms with Gasteiger partial charge in [-0.2, -0.15) is 5.26 Å². The highest BCUT2D eigenvalue weighted by molar-refractivity contribution is 6.31. The van der Waals surface area contributed by atoms with Gasteiger partial charge in [-0.3, -0.25) is 5.32 Å². The molecule has 0 fully saturated rings. The Balaban J connectivity index is 1.42. The number of carbonyl (C=O) groups excluding carboxylic acids is 1. The fraction of sp³-hybridized carbons (Fsp3) is 0.148. The predicted octanol–water partition coefficient (Wildman–Crippen LogP) is 6.83. The average Bonchev–Trinajstić information content (AvgIpc) is 3.21. The molecule has 34 heavy (non-hydrogen) atoms. The molecular formula is C27H22ClN3O3. The van der Waals surface area contributed by atoms with Gasteiger partial charge in [-0.1, -0.05) is 83.5 Å². The maximum Gasteiger partial charge on any atom is 0.411 e. The third-order valence-corrected chi connectivity index (χ3v) is 5.74.